The molecule has 0 bridgehead atoms. The van der Waals surface area contributed by atoms with E-state index < -0.39 is 11.9 Å². The maximum atomic E-state index is 12.6. The fraction of sp³-hybridized carbons (Fsp3) is 0.136. The average Bonchev–Trinajstić information content (AvgIpc) is 3.12. The molecule has 6 nitrogen and oxygen atoms in total. The molecular weight excluding hydrogens is 388 g/mol. The number of primary amides is 1. The van der Waals surface area contributed by atoms with Crippen LogP contribution in [0.15, 0.2) is 60.7 Å². The Morgan fingerprint density at radius 3 is 2.48 bits per heavy atom. The summed E-state index contributed by atoms with van der Waals surface area (Å²) in [4.78, 5) is 37.1. The van der Waals surface area contributed by atoms with Gasteiger partial charge in [0.05, 0.1) is 18.6 Å². The van der Waals surface area contributed by atoms with Crippen LogP contribution in [0, 0.1) is 0 Å². The molecule has 3 rings (SSSR count). The molecule has 2 amide bonds. The van der Waals surface area contributed by atoms with Gasteiger partial charge in [0.2, 0.25) is 11.8 Å². The molecule has 29 heavy (non-hydrogen) atoms. The number of nitrogens with one attached hydrogen (secondary N) is 1. The van der Waals surface area contributed by atoms with Gasteiger partial charge in [-0.25, -0.2) is 4.79 Å². The van der Waals surface area contributed by atoms with E-state index in [1.54, 1.807) is 37.3 Å². The summed E-state index contributed by atoms with van der Waals surface area (Å²) in [5.41, 5.74) is 7.53. The van der Waals surface area contributed by atoms with E-state index in [1.165, 1.54) is 11.3 Å². The van der Waals surface area contributed by atoms with E-state index in [0.29, 0.717) is 21.7 Å². The fourth-order valence-electron chi connectivity index (χ4n) is 2.78. The first kappa shape index (κ1) is 20.3. The van der Waals surface area contributed by atoms with Gasteiger partial charge in [0.1, 0.15) is 5.00 Å². The van der Waals surface area contributed by atoms with Crippen LogP contribution in [0.4, 0.5) is 5.00 Å². The van der Waals surface area contributed by atoms with Crippen molar-refractivity contribution in [2.24, 2.45) is 5.73 Å². The summed E-state index contributed by atoms with van der Waals surface area (Å²) in [6.45, 7) is 1.97. The number of thiophene rings is 1. The zero-order valence-corrected chi connectivity index (χ0v) is 16.6. The van der Waals surface area contributed by atoms with E-state index in [0.717, 1.165) is 10.4 Å². The van der Waals surface area contributed by atoms with Crippen LogP contribution in [0.3, 0.4) is 0 Å². The highest BCUT2D eigenvalue weighted by Crippen LogP contribution is 2.36. The number of amides is 2. The van der Waals surface area contributed by atoms with Gasteiger partial charge in [0.15, 0.2) is 0 Å². The van der Waals surface area contributed by atoms with Crippen LogP contribution in [0.2, 0.25) is 0 Å². The third kappa shape index (κ3) is 5.08. The van der Waals surface area contributed by atoms with Crippen LogP contribution >= 0.6 is 11.3 Å². The molecule has 0 saturated carbocycles. The number of nitrogens with two attached hydrogens (primary N) is 1. The molecule has 148 valence electrons. The number of esters is 1. The van der Waals surface area contributed by atoms with Crippen molar-refractivity contribution in [3.8, 4) is 10.4 Å². The molecule has 1 heterocycles. The lowest BCUT2D eigenvalue weighted by Crippen LogP contribution is -2.17. The second-order valence-electron chi connectivity index (χ2n) is 6.23. The van der Waals surface area contributed by atoms with Gasteiger partial charge in [-0.2, -0.15) is 0 Å². The molecule has 0 saturated heterocycles. The molecule has 0 aliphatic rings. The van der Waals surface area contributed by atoms with E-state index in [4.69, 9.17) is 10.5 Å². The molecule has 7 heteroatoms. The van der Waals surface area contributed by atoms with Crippen molar-refractivity contribution in [3.63, 3.8) is 0 Å². The summed E-state index contributed by atoms with van der Waals surface area (Å²) >= 11 is 1.31. The van der Waals surface area contributed by atoms with Crippen molar-refractivity contribution in [3.05, 3.63) is 77.4 Å². The van der Waals surface area contributed by atoms with Crippen LogP contribution in [0.1, 0.15) is 33.2 Å². The summed E-state index contributed by atoms with van der Waals surface area (Å²) < 4.78 is 5.12. The molecule has 0 unspecified atom stereocenters. The van der Waals surface area contributed by atoms with Gasteiger partial charge in [0, 0.05) is 10.4 Å². The van der Waals surface area contributed by atoms with Gasteiger partial charge in [-0.1, -0.05) is 42.5 Å². The topological polar surface area (TPSA) is 98.5 Å². The zero-order chi connectivity index (χ0) is 20.8. The normalized spacial score (nSPS) is 10.4. The van der Waals surface area contributed by atoms with Gasteiger partial charge in [-0.3, -0.25) is 9.59 Å². The first-order valence-corrected chi connectivity index (χ1v) is 9.84. The van der Waals surface area contributed by atoms with Crippen molar-refractivity contribution in [1.82, 2.24) is 0 Å². The maximum absolute atomic E-state index is 12.6. The fourth-order valence-corrected chi connectivity index (χ4v) is 3.85. The maximum Gasteiger partial charge on any atom is 0.341 e. The molecule has 3 N–H and O–H groups in total. The zero-order valence-electron chi connectivity index (χ0n) is 15.8. The average molecular weight is 408 g/mol. The molecule has 0 spiro atoms. The molecule has 0 aliphatic heterocycles. The Morgan fingerprint density at radius 2 is 1.79 bits per heavy atom. The van der Waals surface area contributed by atoms with E-state index in [1.807, 2.05) is 30.3 Å². The molecular formula is C22H20N2O4S. The van der Waals surface area contributed by atoms with Crippen LogP contribution < -0.4 is 11.1 Å². The Balaban J connectivity index is 1.84. The Hall–Kier alpha value is -3.45. The van der Waals surface area contributed by atoms with Gasteiger partial charge in [-0.05, 0) is 36.2 Å². The number of benzene rings is 2. The molecule has 3 aromatic rings. The van der Waals surface area contributed by atoms with Gasteiger partial charge in [0.25, 0.3) is 0 Å². The molecule has 0 radical (unpaired) electrons. The monoisotopic (exact) mass is 408 g/mol. The lowest BCUT2D eigenvalue weighted by Gasteiger charge is -2.07. The Labute approximate surface area is 172 Å². The number of anilines is 1. The van der Waals surface area contributed by atoms with E-state index in [-0.39, 0.29) is 18.9 Å². The Bertz CT molecular complexity index is 1040. The summed E-state index contributed by atoms with van der Waals surface area (Å²) in [7, 11) is 0. The van der Waals surface area contributed by atoms with E-state index in [9.17, 15) is 14.4 Å². The highest BCUT2D eigenvalue weighted by Gasteiger charge is 2.20. The van der Waals surface area contributed by atoms with E-state index in [2.05, 4.69) is 5.32 Å². The van der Waals surface area contributed by atoms with Gasteiger partial charge in [-0.15, -0.1) is 11.3 Å². The first-order valence-electron chi connectivity index (χ1n) is 9.03. The lowest BCUT2D eigenvalue weighted by molar-refractivity contribution is -0.115. The minimum absolute atomic E-state index is 0.0436. The molecule has 2 aromatic carbocycles. The third-order valence-electron chi connectivity index (χ3n) is 4.11. The van der Waals surface area contributed by atoms with Crippen molar-refractivity contribution in [2.45, 2.75) is 13.3 Å². The van der Waals surface area contributed by atoms with Crippen molar-refractivity contribution in [2.75, 3.05) is 11.9 Å². The van der Waals surface area contributed by atoms with Gasteiger partial charge >= 0.3 is 5.97 Å². The molecule has 0 atom stereocenters. The second-order valence-corrected chi connectivity index (χ2v) is 7.28. The predicted molar refractivity (Wildman–Crippen MR) is 113 cm³/mol. The van der Waals surface area contributed by atoms with Crippen molar-refractivity contribution in [1.29, 1.82) is 0 Å². The van der Waals surface area contributed by atoms with Crippen LogP contribution in [0.5, 0.6) is 0 Å². The summed E-state index contributed by atoms with van der Waals surface area (Å²) in [5, 5.41) is 3.23. The largest absolute Gasteiger partial charge is 0.462 e. The number of hydrogen-bond donors (Lipinski definition) is 2. The number of ether oxygens (including phenoxy) is 1. The molecule has 0 fully saturated rings. The summed E-state index contributed by atoms with van der Waals surface area (Å²) in [5.74, 6) is -1.35. The summed E-state index contributed by atoms with van der Waals surface area (Å²) in [6, 6.07) is 17.9. The highest BCUT2D eigenvalue weighted by molar-refractivity contribution is 7.20. The number of carbonyl (C=O) groups excluding carboxylic acids is 3. The second kappa shape index (κ2) is 9.16. The third-order valence-corrected chi connectivity index (χ3v) is 5.21. The highest BCUT2D eigenvalue weighted by atomic mass is 32.1. The molecule has 1 aromatic heterocycles. The number of hydrogen-bond acceptors (Lipinski definition) is 5. The number of carbonyl (C=O) groups is 3. The van der Waals surface area contributed by atoms with E-state index >= 15 is 0 Å². The van der Waals surface area contributed by atoms with Crippen LogP contribution in [-0.2, 0) is 16.0 Å². The minimum Gasteiger partial charge on any atom is -0.462 e. The van der Waals surface area contributed by atoms with Crippen molar-refractivity contribution >= 4 is 34.1 Å². The predicted octanol–water partition coefficient (Wildman–Crippen LogP) is 3.87. The SMILES string of the molecule is CCOC(=O)c1cc(-c2ccccc2)sc1NC(=O)Cc1cccc(C(N)=O)c1. The van der Waals surface area contributed by atoms with Crippen molar-refractivity contribution < 1.29 is 19.1 Å². The van der Waals surface area contributed by atoms with Crippen LogP contribution in [0.25, 0.3) is 10.4 Å². The standard InChI is InChI=1S/C22H20N2O4S/c1-2-28-22(27)17-13-18(15-8-4-3-5-9-15)29-21(17)24-19(25)12-14-7-6-10-16(11-14)20(23)26/h3-11,13H,2,12H2,1H3,(H2,23,26)(H,24,25). The Morgan fingerprint density at radius 1 is 1.03 bits per heavy atom. The molecule has 0 aliphatic carbocycles. The summed E-state index contributed by atoms with van der Waals surface area (Å²) in [6.07, 6.45) is 0.0436. The quantitative estimate of drug-likeness (QED) is 0.580. The smallest absolute Gasteiger partial charge is 0.341 e. The Kier molecular flexibility index (Phi) is 6.41. The van der Waals surface area contributed by atoms with Gasteiger partial charge < -0.3 is 15.8 Å². The first-order chi connectivity index (χ1) is 14.0. The minimum atomic E-state index is -0.553. The lowest BCUT2D eigenvalue weighted by atomic mass is 10.1. The van der Waals surface area contributed by atoms with Crippen LogP contribution in [-0.4, -0.2) is 24.4 Å². The number of rotatable bonds is 7.